The molecular weight excluding hydrogens is 492 g/mol. The molecule has 1 saturated heterocycles. The molecule has 34 heavy (non-hydrogen) atoms. The van der Waals surface area contributed by atoms with Crippen LogP contribution in [0.25, 0.3) is 0 Å². The van der Waals surface area contributed by atoms with Crippen LogP contribution in [-0.4, -0.2) is 46.2 Å². The molecule has 11 heteroatoms. The van der Waals surface area contributed by atoms with E-state index in [0.717, 1.165) is 31.2 Å². The number of nitrogens with zero attached hydrogens (tertiary/aromatic N) is 4. The highest BCUT2D eigenvalue weighted by Gasteiger charge is 2.41. The minimum Gasteiger partial charge on any atom is -0.338 e. The maximum atomic E-state index is 12.7. The molecule has 2 aromatic heterocycles. The standard InChI is InChI=1S/C23H28Cl2N7OP/c1-34(2,33)19-6-4-3-5-17(19)29-21-16(24)11-27-22(31-21)30-18-12-28-32(20(18)25)15-7-9-23(10-8-15)13-26-14-23/h3-6,11-12,15,26H,7-10,13-14H2,1-2H3,(H2,27,29,30,31). The first-order valence-corrected chi connectivity index (χ1v) is 14.7. The van der Waals surface area contributed by atoms with Crippen LogP contribution in [0.5, 0.6) is 0 Å². The molecule has 0 radical (unpaired) electrons. The Morgan fingerprint density at radius 1 is 1.09 bits per heavy atom. The highest BCUT2D eigenvalue weighted by Crippen LogP contribution is 2.44. The average Bonchev–Trinajstić information content (AvgIpc) is 3.14. The van der Waals surface area contributed by atoms with Crippen LogP contribution in [0.4, 0.5) is 23.1 Å². The van der Waals surface area contributed by atoms with Gasteiger partial charge in [-0.15, -0.1) is 0 Å². The molecule has 3 aromatic rings. The second-order valence-electron chi connectivity index (χ2n) is 9.64. The summed E-state index contributed by atoms with van der Waals surface area (Å²) in [6, 6.07) is 7.74. The molecule has 1 aliphatic carbocycles. The fourth-order valence-corrected chi connectivity index (χ4v) is 6.36. The monoisotopic (exact) mass is 519 g/mol. The lowest BCUT2D eigenvalue weighted by Gasteiger charge is -2.47. The van der Waals surface area contributed by atoms with E-state index in [1.54, 1.807) is 19.5 Å². The van der Waals surface area contributed by atoms with Gasteiger partial charge in [-0.3, -0.25) is 0 Å². The summed E-state index contributed by atoms with van der Waals surface area (Å²) in [6.45, 7) is 5.72. The third-order valence-electron chi connectivity index (χ3n) is 6.82. The number of hydrogen-bond acceptors (Lipinski definition) is 7. The average molecular weight is 520 g/mol. The van der Waals surface area contributed by atoms with Gasteiger partial charge in [0, 0.05) is 18.4 Å². The maximum absolute atomic E-state index is 12.7. The predicted octanol–water partition coefficient (Wildman–Crippen LogP) is 5.42. The summed E-state index contributed by atoms with van der Waals surface area (Å²) in [7, 11) is -2.50. The Bertz CT molecular complexity index is 1240. The predicted molar refractivity (Wildman–Crippen MR) is 139 cm³/mol. The first-order valence-electron chi connectivity index (χ1n) is 11.4. The Balaban J connectivity index is 1.33. The van der Waals surface area contributed by atoms with Crippen molar-refractivity contribution < 1.29 is 4.57 Å². The molecule has 3 heterocycles. The van der Waals surface area contributed by atoms with Crippen molar-refractivity contribution in [1.82, 2.24) is 25.1 Å². The minimum atomic E-state index is -2.50. The number of anilines is 4. The van der Waals surface area contributed by atoms with Gasteiger partial charge in [-0.1, -0.05) is 35.3 Å². The SMILES string of the molecule is CP(C)(=O)c1ccccc1Nc1nc(Nc2cnn(C3CCC4(CC3)CNC4)c2Cl)ncc1Cl. The molecule has 0 bridgehead atoms. The molecule has 5 rings (SSSR count). The van der Waals surface area contributed by atoms with E-state index in [1.807, 2.05) is 28.9 Å². The summed E-state index contributed by atoms with van der Waals surface area (Å²) < 4.78 is 14.6. The topological polar surface area (TPSA) is 96.8 Å². The van der Waals surface area contributed by atoms with E-state index in [-0.39, 0.29) is 0 Å². The lowest BCUT2D eigenvalue weighted by molar-refractivity contribution is 0.0814. The summed E-state index contributed by atoms with van der Waals surface area (Å²) in [6.07, 6.45) is 7.78. The van der Waals surface area contributed by atoms with Crippen LogP contribution in [0.2, 0.25) is 10.2 Å². The molecule has 0 atom stereocenters. The molecule has 1 saturated carbocycles. The third kappa shape index (κ3) is 4.69. The molecule has 3 N–H and O–H groups in total. The van der Waals surface area contributed by atoms with Crippen LogP contribution < -0.4 is 21.3 Å². The van der Waals surface area contributed by atoms with Gasteiger partial charge in [0.25, 0.3) is 0 Å². The van der Waals surface area contributed by atoms with Gasteiger partial charge in [-0.05, 0) is 56.6 Å². The molecule has 1 spiro atoms. The van der Waals surface area contributed by atoms with Crippen molar-refractivity contribution in [3.8, 4) is 0 Å². The van der Waals surface area contributed by atoms with E-state index < -0.39 is 7.14 Å². The molecule has 180 valence electrons. The number of nitrogens with one attached hydrogen (secondary N) is 3. The fourth-order valence-electron chi connectivity index (χ4n) is 4.79. The van der Waals surface area contributed by atoms with E-state index in [2.05, 4.69) is 31.0 Å². The van der Waals surface area contributed by atoms with Gasteiger partial charge in [-0.25, -0.2) is 9.67 Å². The van der Waals surface area contributed by atoms with E-state index in [9.17, 15) is 4.57 Å². The first-order chi connectivity index (χ1) is 16.2. The van der Waals surface area contributed by atoms with Crippen molar-refractivity contribution >= 4 is 58.8 Å². The molecule has 1 aliphatic heterocycles. The summed E-state index contributed by atoms with van der Waals surface area (Å²) in [4.78, 5) is 8.83. The number of benzene rings is 1. The van der Waals surface area contributed by atoms with Gasteiger partial charge in [0.05, 0.1) is 29.8 Å². The lowest BCUT2D eigenvalue weighted by Crippen LogP contribution is -2.54. The minimum absolute atomic E-state index is 0.299. The summed E-state index contributed by atoms with van der Waals surface area (Å²) in [5.74, 6) is 0.750. The van der Waals surface area contributed by atoms with Crippen LogP contribution >= 0.6 is 30.3 Å². The Kier molecular flexibility index (Phi) is 6.36. The van der Waals surface area contributed by atoms with E-state index in [4.69, 9.17) is 23.2 Å². The zero-order valence-corrected chi connectivity index (χ0v) is 21.6. The zero-order valence-electron chi connectivity index (χ0n) is 19.2. The maximum Gasteiger partial charge on any atom is 0.229 e. The van der Waals surface area contributed by atoms with Crippen LogP contribution in [-0.2, 0) is 4.57 Å². The summed E-state index contributed by atoms with van der Waals surface area (Å²) in [5.41, 5.74) is 1.83. The van der Waals surface area contributed by atoms with Crippen molar-refractivity contribution in [1.29, 1.82) is 0 Å². The smallest absolute Gasteiger partial charge is 0.229 e. The Morgan fingerprint density at radius 2 is 1.82 bits per heavy atom. The Hall–Kier alpha value is -2.12. The van der Waals surface area contributed by atoms with Gasteiger partial charge >= 0.3 is 0 Å². The highest BCUT2D eigenvalue weighted by atomic mass is 35.5. The van der Waals surface area contributed by atoms with Crippen molar-refractivity contribution in [2.45, 2.75) is 31.7 Å². The second kappa shape index (κ2) is 9.15. The molecule has 8 nitrogen and oxygen atoms in total. The number of rotatable bonds is 6. The van der Waals surface area contributed by atoms with Gasteiger partial charge in [0.2, 0.25) is 5.95 Å². The number of halogens is 2. The molecule has 2 aliphatic rings. The van der Waals surface area contributed by atoms with Crippen molar-refractivity contribution in [3.05, 3.63) is 46.8 Å². The quantitative estimate of drug-likeness (QED) is 0.374. The van der Waals surface area contributed by atoms with Gasteiger partial charge in [-0.2, -0.15) is 10.1 Å². The number of hydrogen-bond donors (Lipinski definition) is 3. The fraction of sp³-hybridized carbons (Fsp3) is 0.435. The van der Waals surface area contributed by atoms with Crippen LogP contribution in [0, 0.1) is 5.41 Å². The molecule has 0 unspecified atom stereocenters. The normalized spacial score (nSPS) is 18.0. The third-order valence-corrected chi connectivity index (χ3v) is 9.03. The Morgan fingerprint density at radius 3 is 2.50 bits per heavy atom. The van der Waals surface area contributed by atoms with Gasteiger partial charge < -0.3 is 20.5 Å². The van der Waals surface area contributed by atoms with Crippen molar-refractivity contribution in [2.75, 3.05) is 37.1 Å². The van der Waals surface area contributed by atoms with Crippen molar-refractivity contribution in [3.63, 3.8) is 0 Å². The Labute approximate surface area is 209 Å². The lowest BCUT2D eigenvalue weighted by atomic mass is 9.68. The molecule has 1 aromatic carbocycles. The molecule has 2 fully saturated rings. The second-order valence-corrected chi connectivity index (χ2v) is 13.6. The van der Waals surface area contributed by atoms with E-state index >= 15 is 0 Å². The van der Waals surface area contributed by atoms with Gasteiger partial charge in [0.15, 0.2) is 11.0 Å². The first kappa shape index (κ1) is 23.6. The summed E-state index contributed by atoms with van der Waals surface area (Å²) >= 11 is 13.1. The van der Waals surface area contributed by atoms with Gasteiger partial charge in [0.1, 0.15) is 12.2 Å². The van der Waals surface area contributed by atoms with E-state index in [0.29, 0.717) is 44.8 Å². The van der Waals surface area contributed by atoms with Crippen LogP contribution in [0.15, 0.2) is 36.7 Å². The zero-order chi connectivity index (χ0) is 23.9. The van der Waals surface area contributed by atoms with Crippen LogP contribution in [0.1, 0.15) is 31.7 Å². The molecule has 0 amide bonds. The number of aromatic nitrogens is 4. The molecular formula is C23H28Cl2N7OP. The van der Waals surface area contributed by atoms with Crippen LogP contribution in [0.3, 0.4) is 0 Å². The van der Waals surface area contributed by atoms with E-state index in [1.165, 1.54) is 19.0 Å². The number of para-hydroxylation sites is 1. The van der Waals surface area contributed by atoms with Crippen molar-refractivity contribution in [2.24, 2.45) is 5.41 Å². The highest BCUT2D eigenvalue weighted by molar-refractivity contribution is 7.70. The largest absolute Gasteiger partial charge is 0.338 e. The summed E-state index contributed by atoms with van der Waals surface area (Å²) in [5, 5.41) is 16.0.